The molecule has 9 nitrogen and oxygen atoms in total. The van der Waals surface area contributed by atoms with E-state index in [1.54, 1.807) is 49.9 Å². The van der Waals surface area contributed by atoms with Crippen LogP contribution in [0.25, 0.3) is 16.7 Å². The van der Waals surface area contributed by atoms with Crippen molar-refractivity contribution >= 4 is 34.4 Å². The number of amides is 2. The van der Waals surface area contributed by atoms with Crippen LogP contribution in [0.5, 0.6) is 5.75 Å². The van der Waals surface area contributed by atoms with Gasteiger partial charge in [0.15, 0.2) is 0 Å². The summed E-state index contributed by atoms with van der Waals surface area (Å²) in [6, 6.07) is 14.3. The zero-order valence-electron chi connectivity index (χ0n) is 20.1. The van der Waals surface area contributed by atoms with Gasteiger partial charge < -0.3 is 15.0 Å². The summed E-state index contributed by atoms with van der Waals surface area (Å²) in [5, 5.41) is 12.1. The number of imidazole rings is 1. The zero-order chi connectivity index (χ0) is 25.4. The summed E-state index contributed by atoms with van der Waals surface area (Å²) in [6.45, 7) is 1.91. The Kier molecular flexibility index (Phi) is 5.86. The van der Waals surface area contributed by atoms with E-state index in [9.17, 15) is 14.9 Å². The fourth-order valence-corrected chi connectivity index (χ4v) is 4.09. The molecule has 0 unspecified atom stereocenters. The van der Waals surface area contributed by atoms with E-state index in [-0.39, 0.29) is 17.7 Å². The van der Waals surface area contributed by atoms with Crippen LogP contribution in [0.1, 0.15) is 34.3 Å². The normalized spacial score (nSPS) is 12.7. The molecule has 1 aliphatic carbocycles. The number of carbonyl (C=O) groups is 2. The van der Waals surface area contributed by atoms with Crippen LogP contribution < -0.4 is 15.0 Å². The number of nitrogens with zero attached hydrogens (tertiary/aromatic N) is 5. The van der Waals surface area contributed by atoms with E-state index in [1.807, 2.05) is 23.6 Å². The summed E-state index contributed by atoms with van der Waals surface area (Å²) in [5.74, 6) is 0.809. The molecule has 1 fully saturated rings. The highest BCUT2D eigenvalue weighted by Crippen LogP contribution is 2.30. The molecule has 1 aliphatic rings. The van der Waals surface area contributed by atoms with Crippen molar-refractivity contribution in [3.8, 4) is 17.5 Å². The fraction of sp³-hybridized carbons (Fsp3) is 0.222. The topological polar surface area (TPSA) is 113 Å². The van der Waals surface area contributed by atoms with E-state index in [0.29, 0.717) is 28.4 Å². The summed E-state index contributed by atoms with van der Waals surface area (Å²) in [5.41, 5.74) is 4.66. The molecule has 2 aromatic carbocycles. The Hall–Kier alpha value is -4.71. The molecule has 9 heteroatoms. The van der Waals surface area contributed by atoms with Crippen molar-refractivity contribution in [1.29, 1.82) is 5.26 Å². The molecule has 0 radical (unpaired) electrons. The van der Waals surface area contributed by atoms with Crippen LogP contribution in [-0.2, 0) is 4.79 Å². The van der Waals surface area contributed by atoms with Crippen molar-refractivity contribution in [2.75, 3.05) is 24.4 Å². The van der Waals surface area contributed by atoms with Crippen molar-refractivity contribution in [2.24, 2.45) is 5.92 Å². The predicted octanol–water partition coefficient (Wildman–Crippen LogP) is 4.23. The van der Waals surface area contributed by atoms with E-state index >= 15 is 0 Å². The average molecular weight is 481 g/mol. The first kappa shape index (κ1) is 23.1. The smallest absolute Gasteiger partial charge is 0.258 e. The molecule has 0 aliphatic heterocycles. The van der Waals surface area contributed by atoms with Crippen molar-refractivity contribution in [1.82, 2.24) is 14.5 Å². The number of benzene rings is 2. The maximum Gasteiger partial charge on any atom is 0.258 e. The van der Waals surface area contributed by atoms with Gasteiger partial charge in [0.1, 0.15) is 24.0 Å². The van der Waals surface area contributed by atoms with Gasteiger partial charge in [-0.3, -0.25) is 14.2 Å². The van der Waals surface area contributed by atoms with Gasteiger partial charge in [-0.15, -0.1) is 0 Å². The maximum atomic E-state index is 13.4. The Labute approximate surface area is 208 Å². The largest absolute Gasteiger partial charge is 0.495 e. The first-order valence-electron chi connectivity index (χ1n) is 11.5. The molecule has 1 N–H and O–H groups in total. The van der Waals surface area contributed by atoms with Gasteiger partial charge in [0, 0.05) is 30.3 Å². The van der Waals surface area contributed by atoms with Crippen LogP contribution in [0.3, 0.4) is 0 Å². The van der Waals surface area contributed by atoms with Gasteiger partial charge in [-0.2, -0.15) is 5.26 Å². The second kappa shape index (κ2) is 9.15. The van der Waals surface area contributed by atoms with Crippen LogP contribution in [-0.4, -0.2) is 40.5 Å². The number of aromatic nitrogens is 3. The molecule has 0 spiro atoms. The number of fused-ring (bicyclic) bond motifs is 1. The number of anilines is 2. The molecule has 0 bridgehead atoms. The Morgan fingerprint density at radius 2 is 1.97 bits per heavy atom. The number of hydrogen-bond acceptors (Lipinski definition) is 6. The van der Waals surface area contributed by atoms with Crippen molar-refractivity contribution in [3.63, 3.8) is 0 Å². The minimum absolute atomic E-state index is 0.00566. The third-order valence-corrected chi connectivity index (χ3v) is 6.31. The van der Waals surface area contributed by atoms with Gasteiger partial charge >= 0.3 is 0 Å². The highest BCUT2D eigenvalue weighted by Gasteiger charge is 2.29. The van der Waals surface area contributed by atoms with Crippen LogP contribution in [0, 0.1) is 24.2 Å². The van der Waals surface area contributed by atoms with Crippen molar-refractivity contribution < 1.29 is 14.3 Å². The second-order valence-corrected chi connectivity index (χ2v) is 8.80. The van der Waals surface area contributed by atoms with E-state index in [1.165, 1.54) is 12.0 Å². The highest BCUT2D eigenvalue weighted by molar-refractivity contribution is 6.08. The third kappa shape index (κ3) is 4.25. The molecule has 2 aromatic heterocycles. The Morgan fingerprint density at radius 3 is 2.64 bits per heavy atom. The van der Waals surface area contributed by atoms with Gasteiger partial charge in [-0.1, -0.05) is 0 Å². The summed E-state index contributed by atoms with van der Waals surface area (Å²) < 4.78 is 7.15. The average Bonchev–Trinajstić information content (AvgIpc) is 3.67. The number of nitriles is 1. The van der Waals surface area contributed by atoms with E-state index < -0.39 is 0 Å². The van der Waals surface area contributed by atoms with E-state index in [4.69, 9.17) is 4.74 Å². The zero-order valence-corrected chi connectivity index (χ0v) is 20.1. The highest BCUT2D eigenvalue weighted by atomic mass is 16.5. The first-order valence-corrected chi connectivity index (χ1v) is 11.5. The lowest BCUT2D eigenvalue weighted by molar-refractivity contribution is -0.117. The molecule has 5 rings (SSSR count). The second-order valence-electron chi connectivity index (χ2n) is 8.80. The summed E-state index contributed by atoms with van der Waals surface area (Å²) >= 11 is 0. The molecule has 1 saturated carbocycles. The van der Waals surface area contributed by atoms with Gasteiger partial charge in [-0.05, 0) is 61.7 Å². The molecule has 2 amide bonds. The van der Waals surface area contributed by atoms with Crippen LogP contribution >= 0.6 is 0 Å². The van der Waals surface area contributed by atoms with Crippen LogP contribution in [0.2, 0.25) is 0 Å². The maximum absolute atomic E-state index is 13.4. The Balaban J connectivity index is 1.45. The molecular weight excluding hydrogens is 456 g/mol. The van der Waals surface area contributed by atoms with Gasteiger partial charge in [0.05, 0.1) is 35.6 Å². The quantitative estimate of drug-likeness (QED) is 0.442. The monoisotopic (exact) mass is 480 g/mol. The van der Waals surface area contributed by atoms with Gasteiger partial charge in [0.2, 0.25) is 5.91 Å². The van der Waals surface area contributed by atoms with Crippen LogP contribution in [0.4, 0.5) is 11.5 Å². The van der Waals surface area contributed by atoms with E-state index in [2.05, 4.69) is 21.4 Å². The Bertz CT molecular complexity index is 1530. The lowest BCUT2D eigenvalue weighted by Crippen LogP contribution is -2.26. The van der Waals surface area contributed by atoms with Gasteiger partial charge in [0.25, 0.3) is 5.91 Å². The molecule has 0 saturated heterocycles. The lowest BCUT2D eigenvalue weighted by atomic mass is 10.1. The summed E-state index contributed by atoms with van der Waals surface area (Å²) in [6.07, 6.45) is 5.22. The molecule has 4 aromatic rings. The number of ether oxygens (including phenoxy) is 1. The number of methoxy groups -OCH3 is 1. The first-order chi connectivity index (χ1) is 17.4. The number of nitrogens with one attached hydrogen (secondary N) is 1. The van der Waals surface area contributed by atoms with Crippen molar-refractivity contribution in [3.05, 3.63) is 71.7 Å². The number of rotatable bonds is 6. The number of hydrogen-bond donors (Lipinski definition) is 1. The molecule has 180 valence electrons. The fourth-order valence-electron chi connectivity index (χ4n) is 4.09. The third-order valence-electron chi connectivity index (χ3n) is 6.31. The van der Waals surface area contributed by atoms with Crippen molar-refractivity contribution in [2.45, 2.75) is 19.8 Å². The SMILES string of the molecule is COc1cc(N(C)C(=O)c2cc(C)c3ncn(-c4ccc(NC(=O)C5CC5)nc4)c3c2)ccc1C#N. The number of carbonyl (C=O) groups excluding carboxylic acids is 2. The summed E-state index contributed by atoms with van der Waals surface area (Å²) in [7, 11) is 3.17. The number of aryl methyl sites for hydroxylation is 1. The molecular formula is C27H24N6O3. The van der Waals surface area contributed by atoms with Crippen LogP contribution in [0.15, 0.2) is 55.0 Å². The molecule has 2 heterocycles. The predicted molar refractivity (Wildman–Crippen MR) is 135 cm³/mol. The Morgan fingerprint density at radius 1 is 1.17 bits per heavy atom. The lowest BCUT2D eigenvalue weighted by Gasteiger charge is -2.19. The van der Waals surface area contributed by atoms with Gasteiger partial charge in [-0.25, -0.2) is 9.97 Å². The molecule has 36 heavy (non-hydrogen) atoms. The standard InChI is InChI=1S/C27H24N6O3/c1-16-10-19(27(35)32(2)20-7-6-18(13-28)23(12-20)36-3)11-22-25(16)30-15-33(22)21-8-9-24(29-14-21)31-26(34)17-4-5-17/h6-12,14-15,17H,4-5H2,1-3H3,(H,29,31,34). The summed E-state index contributed by atoms with van der Waals surface area (Å²) in [4.78, 5) is 35.8. The minimum atomic E-state index is -0.212. The van der Waals surface area contributed by atoms with E-state index in [0.717, 1.165) is 35.1 Å². The molecule has 0 atom stereocenters. The minimum Gasteiger partial charge on any atom is -0.495 e. The number of pyridine rings is 1.